The first kappa shape index (κ1) is 60.2. The zero-order chi connectivity index (χ0) is 59.2. The number of rotatable bonds is 21. The maximum atomic E-state index is 13.1. The van der Waals surface area contributed by atoms with Gasteiger partial charge in [-0.05, 0) is 83.5 Å². The third kappa shape index (κ3) is 16.2. The van der Waals surface area contributed by atoms with Gasteiger partial charge < -0.3 is 41.8 Å². The Hall–Kier alpha value is -8.87. The molecule has 83 heavy (non-hydrogen) atoms. The molecule has 24 nitrogen and oxygen atoms in total. The second kappa shape index (κ2) is 28.2. The van der Waals surface area contributed by atoms with E-state index >= 15 is 0 Å². The number of anilines is 6. The minimum absolute atomic E-state index is 0.109. The van der Waals surface area contributed by atoms with E-state index in [1.807, 2.05) is 60.9 Å². The fourth-order valence-electron chi connectivity index (χ4n) is 9.30. The summed E-state index contributed by atoms with van der Waals surface area (Å²) in [4.78, 5) is 66.2. The fourth-order valence-corrected chi connectivity index (χ4v) is 9.30. The summed E-state index contributed by atoms with van der Waals surface area (Å²) < 4.78 is 17.5. The second-order valence-corrected chi connectivity index (χ2v) is 21.1. The van der Waals surface area contributed by atoms with Crippen molar-refractivity contribution in [3.8, 4) is 0 Å². The molecule has 0 saturated carbocycles. The molecule has 0 bridgehead atoms. The molecule has 2 fully saturated rings. The van der Waals surface area contributed by atoms with E-state index in [1.165, 1.54) is 4.68 Å². The molecule has 0 atom stereocenters. The third-order valence-electron chi connectivity index (χ3n) is 13.6. The van der Waals surface area contributed by atoms with E-state index in [1.54, 1.807) is 40.2 Å². The number of halogens is 1. The molecule has 25 heteroatoms. The molecule has 2 saturated heterocycles. The first-order valence-corrected chi connectivity index (χ1v) is 27.8. The van der Waals surface area contributed by atoms with E-state index in [-0.39, 0.29) is 54.0 Å². The van der Waals surface area contributed by atoms with E-state index in [9.17, 15) is 19.2 Å². The van der Waals surface area contributed by atoms with Gasteiger partial charge in [-0.3, -0.25) is 28.5 Å². The molecule has 0 aliphatic carbocycles. The molecular formula is C58H71ClN18O6. The van der Waals surface area contributed by atoms with Crippen LogP contribution in [0.25, 0.3) is 11.3 Å². The molecule has 0 unspecified atom stereocenters. The smallest absolute Gasteiger partial charge is 0.247 e. The van der Waals surface area contributed by atoms with E-state index in [4.69, 9.17) is 46.7 Å². The van der Waals surface area contributed by atoms with Gasteiger partial charge in [-0.1, -0.05) is 89.4 Å². The quantitative estimate of drug-likeness (QED) is 0.0227. The number of fused-ring (bicyclic) bond motifs is 2. The molecule has 436 valence electrons. The summed E-state index contributed by atoms with van der Waals surface area (Å²) in [6.45, 7) is 18.9. The normalized spacial score (nSPS) is 13.7. The monoisotopic (exact) mass is 1150 g/mol. The van der Waals surface area contributed by atoms with Gasteiger partial charge in [0.15, 0.2) is 34.2 Å². The van der Waals surface area contributed by atoms with E-state index in [2.05, 4.69) is 87.8 Å². The highest BCUT2D eigenvalue weighted by Gasteiger charge is 2.23. The van der Waals surface area contributed by atoms with E-state index in [0.717, 1.165) is 109 Å². The van der Waals surface area contributed by atoms with Crippen molar-refractivity contribution in [2.45, 2.75) is 103 Å². The van der Waals surface area contributed by atoms with Crippen LogP contribution in [-0.4, -0.2) is 120 Å². The van der Waals surface area contributed by atoms with Gasteiger partial charge in [0.2, 0.25) is 34.9 Å². The molecule has 6 aromatic heterocycles. The van der Waals surface area contributed by atoms with Gasteiger partial charge in [0.1, 0.15) is 0 Å². The van der Waals surface area contributed by atoms with Crippen LogP contribution in [0.1, 0.15) is 120 Å². The van der Waals surface area contributed by atoms with Crippen molar-refractivity contribution in [2.24, 2.45) is 14.1 Å². The van der Waals surface area contributed by atoms with Gasteiger partial charge in [-0.25, -0.2) is 0 Å². The van der Waals surface area contributed by atoms with Crippen molar-refractivity contribution in [3.63, 3.8) is 0 Å². The summed E-state index contributed by atoms with van der Waals surface area (Å²) in [5.74, 6) is 2.14. The maximum Gasteiger partial charge on any atom is 0.247 e. The standard InChI is InChI=1S/C29H35N9O3.C26H33N9O2.C3H3ClO/c1-5-25(40)33-23-17-37(4)36-26(23)24(39)14-19-7-6-8-20(13-19)15-30-29-35-28(32-21-9-11-41-12-10-21)34-27-22(18(2)3)16-31-38(27)29;1-16(2)20-14-29-35-24(20)31-25(30-19-7-9-37-10-8-19)32-26(35)28-13-18-6-4-5-17(11-18)12-22(36)23-21(27)15-34(3)33-23;1-2-3(4)5/h5-8,13,16-18,21H,1,9-12,14-15H2,2-4H3,(H,33,40)(H2,30,32,34,35);4-6,11,14-16,19H,7-10,12-13,27H2,1-3H3,(H2,28,30,31,32);2H,1H2. The predicted octanol–water partition coefficient (Wildman–Crippen LogP) is 7.86. The zero-order valence-electron chi connectivity index (χ0n) is 47.6. The number of nitrogens with two attached hydrogens (primary N) is 1. The van der Waals surface area contributed by atoms with Crippen molar-refractivity contribution in [3.05, 3.63) is 143 Å². The van der Waals surface area contributed by atoms with Crippen molar-refractivity contribution in [2.75, 3.05) is 58.7 Å². The Bertz CT molecular complexity index is 3590. The number of carbonyl (C=O) groups is 4. The number of carbonyl (C=O) groups excluding carboxylic acids is 4. The lowest BCUT2D eigenvalue weighted by Crippen LogP contribution is -2.29. The number of benzene rings is 2. The van der Waals surface area contributed by atoms with Gasteiger partial charge in [0.25, 0.3) is 0 Å². The lowest BCUT2D eigenvalue weighted by Gasteiger charge is -2.23. The number of ketones is 2. The van der Waals surface area contributed by atoms with Crippen LogP contribution in [0.15, 0.2) is 98.6 Å². The van der Waals surface area contributed by atoms with Gasteiger partial charge >= 0.3 is 0 Å². The van der Waals surface area contributed by atoms with Gasteiger partial charge in [-0.2, -0.15) is 49.4 Å². The minimum atomic E-state index is -0.509. The molecule has 7 N–H and O–H groups in total. The summed E-state index contributed by atoms with van der Waals surface area (Å²) >= 11 is 4.71. The van der Waals surface area contributed by atoms with Crippen LogP contribution in [0.2, 0.25) is 0 Å². The first-order valence-electron chi connectivity index (χ1n) is 27.4. The fraction of sp³-hybridized carbons (Fsp3) is 0.379. The van der Waals surface area contributed by atoms with Crippen LogP contribution in [0, 0.1) is 0 Å². The topological polar surface area (TPSA) is 295 Å². The van der Waals surface area contributed by atoms with Crippen LogP contribution in [0.5, 0.6) is 0 Å². The summed E-state index contributed by atoms with van der Waals surface area (Å²) in [7, 11) is 3.45. The van der Waals surface area contributed by atoms with Gasteiger partial charge in [-0.15, -0.1) is 0 Å². The molecule has 1 amide bonds. The lowest BCUT2D eigenvalue weighted by atomic mass is 10.0. The Kier molecular flexibility index (Phi) is 20.5. The van der Waals surface area contributed by atoms with Crippen molar-refractivity contribution in [1.82, 2.24) is 58.7 Å². The van der Waals surface area contributed by atoms with Crippen molar-refractivity contribution < 1.29 is 28.7 Å². The highest BCUT2D eigenvalue weighted by atomic mass is 35.5. The molecule has 2 aromatic carbocycles. The SMILES string of the molecule is C=CC(=O)Cl.C=CC(=O)Nc1cn(C)nc1C(=O)Cc1cccc(CNc2nc(NC3CCOCC3)nc3c(C(C)C)cnn23)c1.CC(C)c1cnn2c(NCc3cccc(CC(=O)c4nn(C)cc4N)c3)nc(NC3CCOCC3)nc12. The summed E-state index contributed by atoms with van der Waals surface area (Å²) in [5.41, 5.74) is 14.6. The van der Waals surface area contributed by atoms with Crippen LogP contribution in [0.4, 0.5) is 35.2 Å². The molecule has 10 rings (SSSR count). The number of nitrogens with zero attached hydrogens (tertiary/aromatic N) is 12. The largest absolute Gasteiger partial charge is 0.396 e. The Morgan fingerprint density at radius 1 is 0.663 bits per heavy atom. The highest BCUT2D eigenvalue weighted by Crippen LogP contribution is 2.26. The summed E-state index contributed by atoms with van der Waals surface area (Å²) in [6.07, 6.45) is 13.1. The number of aromatic nitrogens is 12. The van der Waals surface area contributed by atoms with Crippen molar-refractivity contribution >= 4 is 80.8 Å². The molecule has 8 aromatic rings. The number of ether oxygens (including phenoxy) is 2. The average molecular weight is 1150 g/mol. The molecule has 2 aliphatic rings. The van der Waals surface area contributed by atoms with E-state index < -0.39 is 11.1 Å². The zero-order valence-corrected chi connectivity index (χ0v) is 48.3. The van der Waals surface area contributed by atoms with Gasteiger partial charge in [0.05, 0.1) is 23.8 Å². The number of nitrogen functional groups attached to an aromatic ring is 1. The third-order valence-corrected chi connectivity index (χ3v) is 13.7. The number of allylic oxidation sites excluding steroid dienone is 1. The molecule has 0 radical (unpaired) electrons. The minimum Gasteiger partial charge on any atom is -0.396 e. The average Bonchev–Trinajstić information content (AvgIpc) is 4.30. The van der Waals surface area contributed by atoms with Crippen LogP contribution in [-0.2, 0) is 59.1 Å². The summed E-state index contributed by atoms with van der Waals surface area (Å²) in [6, 6.07) is 16.2. The second-order valence-electron chi connectivity index (χ2n) is 20.7. The van der Waals surface area contributed by atoms with E-state index in [0.29, 0.717) is 54.0 Å². The Labute approximate surface area is 485 Å². The molecule has 0 spiro atoms. The summed E-state index contributed by atoms with van der Waals surface area (Å²) in [5, 5.41) is 33.5. The predicted molar refractivity (Wildman–Crippen MR) is 319 cm³/mol. The van der Waals surface area contributed by atoms with Crippen LogP contribution >= 0.6 is 11.6 Å². The number of nitrogens with one attached hydrogen (secondary N) is 5. The first-order chi connectivity index (χ1) is 39.9. The lowest BCUT2D eigenvalue weighted by molar-refractivity contribution is -0.112. The van der Waals surface area contributed by atoms with Crippen LogP contribution < -0.4 is 32.3 Å². The Morgan fingerprint density at radius 2 is 1.10 bits per heavy atom. The molecule has 2 aliphatic heterocycles. The maximum absolute atomic E-state index is 13.1. The Morgan fingerprint density at radius 3 is 1.52 bits per heavy atom. The highest BCUT2D eigenvalue weighted by molar-refractivity contribution is 6.66. The molecular weight excluding hydrogens is 1080 g/mol. The van der Waals surface area contributed by atoms with Gasteiger partial charge in [0, 0.05) is 102 Å². The molecule has 8 heterocycles. The Balaban J connectivity index is 0.000000201. The number of hydrogen-bond donors (Lipinski definition) is 6. The number of amides is 1. The number of aryl methyl sites for hydroxylation is 2. The number of Topliss-reactive ketones (excluding diaryl/α,β-unsaturated/α-hetero) is 2. The van der Waals surface area contributed by atoms with Crippen LogP contribution in [0.3, 0.4) is 0 Å². The number of hydrogen-bond acceptors (Lipinski definition) is 19. The van der Waals surface area contributed by atoms with Crippen molar-refractivity contribution in [1.29, 1.82) is 0 Å².